The third-order valence-electron chi connectivity index (χ3n) is 2.08. The average molecular weight is 284 g/mol. The van der Waals surface area contributed by atoms with E-state index >= 15 is 0 Å². The molecule has 0 atom stereocenters. The predicted molar refractivity (Wildman–Crippen MR) is 80.4 cm³/mol. The summed E-state index contributed by atoms with van der Waals surface area (Å²) in [5.41, 5.74) is 0.314. The van der Waals surface area contributed by atoms with Gasteiger partial charge in [0.15, 0.2) is 5.82 Å². The van der Waals surface area contributed by atoms with Crippen molar-refractivity contribution in [2.75, 3.05) is 7.05 Å². The van der Waals surface area contributed by atoms with Gasteiger partial charge in [-0.3, -0.25) is 4.79 Å². The predicted octanol–water partition coefficient (Wildman–Crippen LogP) is 4.16. The number of halogens is 1. The van der Waals surface area contributed by atoms with Crippen molar-refractivity contribution in [2.24, 2.45) is 0 Å². The lowest BCUT2D eigenvalue weighted by molar-refractivity contribution is 0.0959. The number of aromatic nitrogens is 1. The minimum atomic E-state index is -0.545. The molecule has 5 heteroatoms. The van der Waals surface area contributed by atoms with E-state index in [2.05, 4.69) is 10.3 Å². The number of benzene rings is 1. The molecule has 106 valence electrons. The molecule has 3 nitrogen and oxygen atoms in total. The maximum Gasteiger partial charge on any atom is 0.254 e. The summed E-state index contributed by atoms with van der Waals surface area (Å²) in [5, 5.41) is 3.18. The number of nitrogens with zero attached hydrogens (tertiary/aromatic N) is 1. The summed E-state index contributed by atoms with van der Waals surface area (Å²) in [6.07, 6.45) is 0. The van der Waals surface area contributed by atoms with E-state index in [1.807, 2.05) is 34.6 Å². The van der Waals surface area contributed by atoms with Crippen LogP contribution in [-0.2, 0) is 0 Å². The lowest BCUT2D eigenvalue weighted by Crippen LogP contribution is -2.19. The number of nitrogens with one attached hydrogen (secondary N) is 1. The smallest absolute Gasteiger partial charge is 0.254 e. The van der Waals surface area contributed by atoms with E-state index in [9.17, 15) is 9.18 Å². The first-order chi connectivity index (χ1) is 9.13. The minimum Gasteiger partial charge on any atom is -0.355 e. The highest BCUT2D eigenvalue weighted by Gasteiger charge is 2.15. The molecule has 0 fully saturated rings. The average Bonchev–Trinajstić information content (AvgIpc) is 2.84. The van der Waals surface area contributed by atoms with Gasteiger partial charge in [0.25, 0.3) is 5.91 Å². The molecule has 0 saturated heterocycles. The SMILES string of the molecule is CC.CC.CNC(=O)c1ccc2sc(C)nc2c1F. The van der Waals surface area contributed by atoms with E-state index in [1.54, 1.807) is 6.07 Å². The molecule has 0 saturated carbocycles. The molecule has 0 bridgehead atoms. The van der Waals surface area contributed by atoms with E-state index in [-0.39, 0.29) is 11.1 Å². The molecule has 1 N–H and O–H groups in total. The fourth-order valence-corrected chi connectivity index (χ4v) is 2.21. The van der Waals surface area contributed by atoms with Gasteiger partial charge in [-0.2, -0.15) is 0 Å². The van der Waals surface area contributed by atoms with Gasteiger partial charge in [0.05, 0.1) is 15.3 Å². The van der Waals surface area contributed by atoms with E-state index in [0.29, 0.717) is 0 Å². The van der Waals surface area contributed by atoms with Crippen LogP contribution in [0.25, 0.3) is 10.2 Å². The largest absolute Gasteiger partial charge is 0.355 e. The van der Waals surface area contributed by atoms with Crippen LogP contribution in [0, 0.1) is 12.7 Å². The van der Waals surface area contributed by atoms with Crippen LogP contribution < -0.4 is 5.32 Å². The van der Waals surface area contributed by atoms with E-state index in [0.717, 1.165) is 9.71 Å². The number of fused-ring (bicyclic) bond motifs is 1. The van der Waals surface area contributed by atoms with Crippen molar-refractivity contribution in [1.82, 2.24) is 10.3 Å². The molecule has 0 unspecified atom stereocenters. The number of carbonyl (C=O) groups excluding carboxylic acids is 1. The first-order valence-corrected chi connectivity index (χ1v) is 7.23. The number of hydrogen-bond donors (Lipinski definition) is 1. The lowest BCUT2D eigenvalue weighted by Gasteiger charge is -2.01. The van der Waals surface area contributed by atoms with Gasteiger partial charge in [0.2, 0.25) is 0 Å². The Hall–Kier alpha value is -1.49. The highest BCUT2D eigenvalue weighted by Crippen LogP contribution is 2.25. The Labute approximate surface area is 117 Å². The lowest BCUT2D eigenvalue weighted by atomic mass is 10.2. The highest BCUT2D eigenvalue weighted by atomic mass is 32.1. The van der Waals surface area contributed by atoms with Gasteiger partial charge in [0.1, 0.15) is 5.52 Å². The number of hydrogen-bond acceptors (Lipinski definition) is 3. The summed E-state index contributed by atoms with van der Waals surface area (Å²) in [7, 11) is 1.47. The first-order valence-electron chi connectivity index (χ1n) is 6.41. The molecular weight excluding hydrogens is 263 g/mol. The van der Waals surface area contributed by atoms with Gasteiger partial charge in [-0.1, -0.05) is 27.7 Å². The molecule has 1 aromatic carbocycles. The zero-order valence-corrected chi connectivity index (χ0v) is 13.1. The van der Waals surface area contributed by atoms with Crippen molar-refractivity contribution >= 4 is 27.5 Å². The monoisotopic (exact) mass is 284 g/mol. The van der Waals surface area contributed by atoms with Gasteiger partial charge >= 0.3 is 0 Å². The van der Waals surface area contributed by atoms with Crippen LogP contribution in [-0.4, -0.2) is 17.9 Å². The van der Waals surface area contributed by atoms with Crippen LogP contribution in [0.4, 0.5) is 4.39 Å². The molecule has 19 heavy (non-hydrogen) atoms. The highest BCUT2D eigenvalue weighted by molar-refractivity contribution is 7.18. The Morgan fingerprint density at radius 2 is 1.84 bits per heavy atom. The zero-order chi connectivity index (χ0) is 15.0. The Morgan fingerprint density at radius 3 is 2.37 bits per heavy atom. The van der Waals surface area contributed by atoms with Crippen LogP contribution in [0.5, 0.6) is 0 Å². The maximum atomic E-state index is 13.8. The fourth-order valence-electron chi connectivity index (χ4n) is 1.38. The molecule has 0 aliphatic carbocycles. The van der Waals surface area contributed by atoms with Crippen molar-refractivity contribution in [3.63, 3.8) is 0 Å². The fraction of sp³-hybridized carbons (Fsp3) is 0.429. The van der Waals surface area contributed by atoms with Gasteiger partial charge < -0.3 is 5.32 Å². The molecule has 1 aromatic heterocycles. The quantitative estimate of drug-likeness (QED) is 0.854. The Bertz CT molecular complexity index is 537. The van der Waals surface area contributed by atoms with E-state index in [4.69, 9.17) is 0 Å². The van der Waals surface area contributed by atoms with Crippen LogP contribution in [0.15, 0.2) is 12.1 Å². The van der Waals surface area contributed by atoms with Crippen LogP contribution in [0.2, 0.25) is 0 Å². The Balaban J connectivity index is 0.000000741. The topological polar surface area (TPSA) is 42.0 Å². The summed E-state index contributed by atoms with van der Waals surface area (Å²) >= 11 is 1.41. The van der Waals surface area contributed by atoms with Gasteiger partial charge in [-0.25, -0.2) is 9.37 Å². The Kier molecular flexibility index (Phi) is 7.91. The van der Waals surface area contributed by atoms with E-state index < -0.39 is 11.7 Å². The molecule has 2 rings (SSSR count). The second-order valence-electron chi connectivity index (χ2n) is 3.09. The van der Waals surface area contributed by atoms with Crippen LogP contribution >= 0.6 is 11.3 Å². The van der Waals surface area contributed by atoms with Crippen molar-refractivity contribution < 1.29 is 9.18 Å². The molecule has 0 aliphatic rings. The number of rotatable bonds is 1. The van der Waals surface area contributed by atoms with Crippen LogP contribution in [0.3, 0.4) is 0 Å². The molecular formula is C14H21FN2OS. The molecule has 1 amide bonds. The zero-order valence-electron chi connectivity index (χ0n) is 12.3. The Morgan fingerprint density at radius 1 is 1.26 bits per heavy atom. The van der Waals surface area contributed by atoms with Crippen molar-refractivity contribution in [3.05, 3.63) is 28.5 Å². The number of amides is 1. The molecule has 0 aliphatic heterocycles. The van der Waals surface area contributed by atoms with Gasteiger partial charge in [0, 0.05) is 7.05 Å². The van der Waals surface area contributed by atoms with Crippen molar-refractivity contribution in [3.8, 4) is 0 Å². The van der Waals surface area contributed by atoms with Gasteiger partial charge in [-0.15, -0.1) is 11.3 Å². The van der Waals surface area contributed by atoms with Gasteiger partial charge in [-0.05, 0) is 19.1 Å². The third-order valence-corrected chi connectivity index (χ3v) is 3.01. The molecule has 0 spiro atoms. The normalized spacial score (nSPS) is 9.00. The molecule has 2 aromatic rings. The maximum absolute atomic E-state index is 13.8. The standard InChI is InChI=1S/C10H9FN2OS.2C2H6/c1-5-13-9-7(15-5)4-3-6(8(9)11)10(14)12-2;2*1-2/h3-4H,1-2H3,(H,12,14);2*1-2H3. The summed E-state index contributed by atoms with van der Waals surface area (Å²) in [6, 6.07) is 3.20. The summed E-state index contributed by atoms with van der Waals surface area (Å²) in [6.45, 7) is 9.81. The summed E-state index contributed by atoms with van der Waals surface area (Å²) in [4.78, 5) is 15.4. The summed E-state index contributed by atoms with van der Waals surface area (Å²) in [5.74, 6) is -0.976. The van der Waals surface area contributed by atoms with E-state index in [1.165, 1.54) is 24.5 Å². The molecule has 0 radical (unpaired) electrons. The second-order valence-corrected chi connectivity index (χ2v) is 4.32. The number of aryl methyl sites for hydroxylation is 1. The van der Waals surface area contributed by atoms with Crippen molar-refractivity contribution in [1.29, 1.82) is 0 Å². The van der Waals surface area contributed by atoms with Crippen LogP contribution in [0.1, 0.15) is 43.1 Å². The third kappa shape index (κ3) is 3.99. The number of carbonyl (C=O) groups is 1. The summed E-state index contributed by atoms with van der Waals surface area (Å²) < 4.78 is 14.6. The first kappa shape index (κ1) is 17.5. The second kappa shape index (κ2) is 8.58. The molecule has 1 heterocycles. The van der Waals surface area contributed by atoms with Crippen molar-refractivity contribution in [2.45, 2.75) is 34.6 Å². The minimum absolute atomic E-state index is 0.0373. The number of thiazole rings is 1.